The highest BCUT2D eigenvalue weighted by molar-refractivity contribution is 6.17. The molecule has 72 valence electrons. The number of nitrogens with zero attached hydrogens (tertiary/aromatic N) is 1. The van der Waals surface area contributed by atoms with Crippen molar-refractivity contribution in [3.8, 4) is 0 Å². The Bertz CT molecular complexity index is 313. The first-order valence-electron chi connectivity index (χ1n) is 3.87. The third-order valence-electron chi connectivity index (χ3n) is 2.09. The molecule has 0 radical (unpaired) electrons. The first kappa shape index (κ1) is 10.4. The monoisotopic (exact) mass is 205 g/mol. The van der Waals surface area contributed by atoms with Crippen molar-refractivity contribution < 1.29 is 8.78 Å². The lowest BCUT2D eigenvalue weighted by molar-refractivity contribution is 0.145. The second-order valence-electron chi connectivity index (χ2n) is 2.86. The van der Waals surface area contributed by atoms with Gasteiger partial charge in [-0.2, -0.15) is 0 Å². The lowest BCUT2D eigenvalue weighted by Crippen LogP contribution is -2.01. The molecular weight excluding hydrogens is 196 g/mol. The van der Waals surface area contributed by atoms with E-state index in [2.05, 4.69) is 4.98 Å². The summed E-state index contributed by atoms with van der Waals surface area (Å²) in [5.74, 6) is 0.0835. The Morgan fingerprint density at radius 3 is 2.54 bits per heavy atom. The molecule has 0 bridgehead atoms. The molecule has 0 saturated carbocycles. The van der Waals surface area contributed by atoms with Gasteiger partial charge in [-0.05, 0) is 30.5 Å². The SMILES string of the molecule is Cc1cnc(C(F)F)c(CCl)c1C. The van der Waals surface area contributed by atoms with Crippen LogP contribution >= 0.6 is 11.6 Å². The van der Waals surface area contributed by atoms with Gasteiger partial charge in [-0.15, -0.1) is 11.6 Å². The quantitative estimate of drug-likeness (QED) is 0.675. The summed E-state index contributed by atoms with van der Waals surface area (Å²) < 4.78 is 24.8. The molecule has 4 heteroatoms. The average molecular weight is 206 g/mol. The van der Waals surface area contributed by atoms with Crippen molar-refractivity contribution in [2.75, 3.05) is 0 Å². The zero-order valence-corrected chi connectivity index (χ0v) is 8.20. The summed E-state index contributed by atoms with van der Waals surface area (Å²) in [5, 5.41) is 0. The number of aryl methyl sites for hydroxylation is 1. The Kier molecular flexibility index (Phi) is 3.20. The van der Waals surface area contributed by atoms with Crippen LogP contribution in [0, 0.1) is 13.8 Å². The van der Waals surface area contributed by atoms with Crippen molar-refractivity contribution in [3.05, 3.63) is 28.6 Å². The standard InChI is InChI=1S/C9H10ClF2N/c1-5-4-13-8(9(11)12)7(3-10)6(5)2/h4,9H,3H2,1-2H3. The molecule has 0 saturated heterocycles. The van der Waals surface area contributed by atoms with Crippen LogP contribution in [0.15, 0.2) is 6.20 Å². The van der Waals surface area contributed by atoms with Crippen LogP contribution in [0.2, 0.25) is 0 Å². The van der Waals surface area contributed by atoms with Gasteiger partial charge >= 0.3 is 0 Å². The molecule has 0 atom stereocenters. The van der Waals surface area contributed by atoms with Crippen LogP contribution in [-0.2, 0) is 5.88 Å². The predicted molar refractivity (Wildman–Crippen MR) is 48.2 cm³/mol. The van der Waals surface area contributed by atoms with E-state index in [4.69, 9.17) is 11.6 Å². The van der Waals surface area contributed by atoms with Crippen LogP contribution in [0.25, 0.3) is 0 Å². The van der Waals surface area contributed by atoms with Gasteiger partial charge in [-0.1, -0.05) is 0 Å². The molecule has 0 amide bonds. The first-order chi connectivity index (χ1) is 6.07. The highest BCUT2D eigenvalue weighted by Gasteiger charge is 2.16. The molecule has 0 unspecified atom stereocenters. The molecule has 0 spiro atoms. The number of hydrogen-bond donors (Lipinski definition) is 0. The Balaban J connectivity index is 3.30. The molecule has 1 rings (SSSR count). The van der Waals surface area contributed by atoms with Crippen molar-refractivity contribution >= 4 is 11.6 Å². The maximum Gasteiger partial charge on any atom is 0.280 e. The second-order valence-corrected chi connectivity index (χ2v) is 3.13. The van der Waals surface area contributed by atoms with E-state index in [-0.39, 0.29) is 11.6 Å². The van der Waals surface area contributed by atoms with Crippen LogP contribution < -0.4 is 0 Å². The minimum atomic E-state index is -2.55. The third-order valence-corrected chi connectivity index (χ3v) is 2.36. The Morgan fingerprint density at radius 2 is 2.08 bits per heavy atom. The minimum absolute atomic E-state index is 0.0835. The molecule has 0 aliphatic carbocycles. The van der Waals surface area contributed by atoms with Gasteiger partial charge < -0.3 is 0 Å². The molecule has 13 heavy (non-hydrogen) atoms. The van der Waals surface area contributed by atoms with Gasteiger partial charge in [-0.3, -0.25) is 4.98 Å². The molecule has 1 aromatic rings. The van der Waals surface area contributed by atoms with Crippen LogP contribution in [0.1, 0.15) is 28.8 Å². The molecule has 1 nitrogen and oxygen atoms in total. The number of hydrogen-bond acceptors (Lipinski definition) is 1. The molecule has 0 aliphatic rings. The Hall–Kier alpha value is -0.700. The zero-order chi connectivity index (χ0) is 10.0. The van der Waals surface area contributed by atoms with E-state index in [1.54, 1.807) is 6.92 Å². The Morgan fingerprint density at radius 1 is 1.46 bits per heavy atom. The summed E-state index contributed by atoms with van der Waals surface area (Å²) in [6, 6.07) is 0. The molecule has 1 aromatic heterocycles. The maximum atomic E-state index is 12.4. The van der Waals surface area contributed by atoms with Gasteiger partial charge in [0.25, 0.3) is 6.43 Å². The fourth-order valence-corrected chi connectivity index (χ4v) is 1.47. The summed E-state index contributed by atoms with van der Waals surface area (Å²) in [5.41, 5.74) is 1.95. The van der Waals surface area contributed by atoms with Gasteiger partial charge in [0.05, 0.1) is 0 Å². The van der Waals surface area contributed by atoms with Crippen molar-refractivity contribution in [2.45, 2.75) is 26.2 Å². The highest BCUT2D eigenvalue weighted by Crippen LogP contribution is 2.25. The van der Waals surface area contributed by atoms with Crippen LogP contribution in [-0.4, -0.2) is 4.98 Å². The first-order valence-corrected chi connectivity index (χ1v) is 4.40. The van der Waals surface area contributed by atoms with Gasteiger partial charge in [0.1, 0.15) is 5.69 Å². The summed E-state index contributed by atoms with van der Waals surface area (Å²) in [6.45, 7) is 3.61. The molecule has 0 fully saturated rings. The third kappa shape index (κ3) is 1.97. The van der Waals surface area contributed by atoms with Crippen LogP contribution in [0.5, 0.6) is 0 Å². The summed E-state index contributed by atoms with van der Waals surface area (Å²) in [7, 11) is 0. The Labute approximate surface area is 80.7 Å². The van der Waals surface area contributed by atoms with Gasteiger partial charge in [0.2, 0.25) is 0 Å². The fourth-order valence-electron chi connectivity index (χ4n) is 1.13. The van der Waals surface area contributed by atoms with Crippen molar-refractivity contribution in [2.24, 2.45) is 0 Å². The summed E-state index contributed by atoms with van der Waals surface area (Å²) in [4.78, 5) is 3.67. The summed E-state index contributed by atoms with van der Waals surface area (Å²) in [6.07, 6.45) is -1.10. The lowest BCUT2D eigenvalue weighted by atomic mass is 10.1. The zero-order valence-electron chi connectivity index (χ0n) is 7.44. The van der Waals surface area contributed by atoms with Crippen molar-refractivity contribution in [3.63, 3.8) is 0 Å². The highest BCUT2D eigenvalue weighted by atomic mass is 35.5. The van der Waals surface area contributed by atoms with E-state index >= 15 is 0 Å². The van der Waals surface area contributed by atoms with E-state index < -0.39 is 6.43 Å². The topological polar surface area (TPSA) is 12.9 Å². The molecule has 0 aromatic carbocycles. The van der Waals surface area contributed by atoms with E-state index in [0.29, 0.717) is 5.56 Å². The van der Waals surface area contributed by atoms with Gasteiger partial charge in [-0.25, -0.2) is 8.78 Å². The van der Waals surface area contributed by atoms with E-state index in [0.717, 1.165) is 11.1 Å². The molecule has 1 heterocycles. The van der Waals surface area contributed by atoms with Crippen LogP contribution in [0.4, 0.5) is 8.78 Å². The van der Waals surface area contributed by atoms with E-state index in [1.807, 2.05) is 6.92 Å². The maximum absolute atomic E-state index is 12.4. The van der Waals surface area contributed by atoms with E-state index in [9.17, 15) is 8.78 Å². The average Bonchev–Trinajstić information content (AvgIpc) is 2.09. The molecule has 0 aliphatic heterocycles. The lowest BCUT2D eigenvalue weighted by Gasteiger charge is -2.10. The molecule has 0 N–H and O–H groups in total. The number of pyridine rings is 1. The number of rotatable bonds is 2. The van der Waals surface area contributed by atoms with Crippen molar-refractivity contribution in [1.29, 1.82) is 0 Å². The van der Waals surface area contributed by atoms with Crippen molar-refractivity contribution in [1.82, 2.24) is 4.98 Å². The van der Waals surface area contributed by atoms with E-state index in [1.165, 1.54) is 6.20 Å². The number of halogens is 3. The second kappa shape index (κ2) is 4.01. The smallest absolute Gasteiger partial charge is 0.255 e. The predicted octanol–water partition coefficient (Wildman–Crippen LogP) is 3.37. The number of aromatic nitrogens is 1. The van der Waals surface area contributed by atoms with Crippen LogP contribution in [0.3, 0.4) is 0 Å². The van der Waals surface area contributed by atoms with Gasteiger partial charge in [0, 0.05) is 12.1 Å². The normalized spacial score (nSPS) is 10.9. The minimum Gasteiger partial charge on any atom is -0.255 e. The molecular formula is C9H10ClF2N. The summed E-state index contributed by atoms with van der Waals surface area (Å²) >= 11 is 5.58. The largest absolute Gasteiger partial charge is 0.280 e. The number of alkyl halides is 3. The van der Waals surface area contributed by atoms with Gasteiger partial charge in [0.15, 0.2) is 0 Å². The fraction of sp³-hybridized carbons (Fsp3) is 0.444.